The first kappa shape index (κ1) is 32.5. The van der Waals surface area contributed by atoms with Crippen LogP contribution in [-0.2, 0) is 0 Å². The zero-order chi connectivity index (χ0) is 36.3. The Morgan fingerprint density at radius 2 is 0.800 bits per heavy atom. The van der Waals surface area contributed by atoms with Gasteiger partial charge in [0.25, 0.3) is 0 Å². The molecule has 0 N–H and O–H groups in total. The monoisotopic (exact) mass is 707 g/mol. The van der Waals surface area contributed by atoms with Gasteiger partial charge in [-0.05, 0) is 141 Å². The van der Waals surface area contributed by atoms with E-state index >= 15 is 0 Å². The molecular weight excluding hydrogens is 663 g/mol. The second-order valence-electron chi connectivity index (χ2n) is 16.1. The summed E-state index contributed by atoms with van der Waals surface area (Å²) in [6.45, 7) is 0. The lowest BCUT2D eigenvalue weighted by molar-refractivity contribution is 0.602. The maximum atomic E-state index is 2.54. The molecule has 9 aromatic carbocycles. The van der Waals surface area contributed by atoms with Crippen molar-refractivity contribution in [1.29, 1.82) is 0 Å². The molecule has 266 valence electrons. The van der Waals surface area contributed by atoms with Crippen LogP contribution >= 0.6 is 0 Å². The minimum atomic E-state index is 1.18. The fourth-order valence-corrected chi connectivity index (χ4v) is 10.2. The van der Waals surface area contributed by atoms with Crippen molar-refractivity contribution in [3.8, 4) is 0 Å². The molecule has 55 heavy (non-hydrogen) atoms. The van der Waals surface area contributed by atoms with Gasteiger partial charge < -0.3 is 4.90 Å². The van der Waals surface area contributed by atoms with Crippen molar-refractivity contribution in [1.82, 2.24) is 0 Å². The molecule has 0 aliphatic heterocycles. The van der Waals surface area contributed by atoms with Crippen molar-refractivity contribution in [3.05, 3.63) is 162 Å². The molecule has 0 amide bonds. The quantitative estimate of drug-likeness (QED) is 0.127. The summed E-state index contributed by atoms with van der Waals surface area (Å²) in [5.74, 6) is 0. The van der Waals surface area contributed by atoms with E-state index in [2.05, 4.69) is 157 Å². The second-order valence-corrected chi connectivity index (χ2v) is 16.1. The molecule has 0 aromatic heterocycles. The number of anilines is 3. The summed E-state index contributed by atoms with van der Waals surface area (Å²) in [6, 6.07) is 53.1. The Labute approximate surface area is 323 Å². The first-order valence-electron chi connectivity index (χ1n) is 20.6. The first-order valence-corrected chi connectivity index (χ1v) is 20.6. The van der Waals surface area contributed by atoms with Crippen LogP contribution in [0.5, 0.6) is 0 Å². The van der Waals surface area contributed by atoms with E-state index in [0.717, 1.165) is 0 Å². The Hall–Kier alpha value is -5.92. The predicted molar refractivity (Wildman–Crippen MR) is 239 cm³/mol. The van der Waals surface area contributed by atoms with E-state index < -0.39 is 0 Å². The minimum Gasteiger partial charge on any atom is -0.309 e. The molecule has 1 heteroatoms. The summed E-state index contributed by atoms with van der Waals surface area (Å²) in [7, 11) is 0. The lowest BCUT2D eigenvalue weighted by atomic mass is 9.84. The van der Waals surface area contributed by atoms with Gasteiger partial charge in [0.1, 0.15) is 0 Å². The van der Waals surface area contributed by atoms with Crippen LogP contribution in [0, 0.1) is 0 Å². The van der Waals surface area contributed by atoms with Crippen LogP contribution in [0.2, 0.25) is 0 Å². The highest BCUT2D eigenvalue weighted by molar-refractivity contribution is 6.44. The fourth-order valence-electron chi connectivity index (χ4n) is 10.2. The van der Waals surface area contributed by atoms with Crippen molar-refractivity contribution < 1.29 is 0 Å². The van der Waals surface area contributed by atoms with Gasteiger partial charge >= 0.3 is 0 Å². The summed E-state index contributed by atoms with van der Waals surface area (Å²) in [5, 5.41) is 15.8. The lowest BCUT2D eigenvalue weighted by Gasteiger charge is -2.30. The Morgan fingerprint density at radius 3 is 1.44 bits per heavy atom. The van der Waals surface area contributed by atoms with Gasteiger partial charge in [0, 0.05) is 27.5 Å². The predicted octanol–water partition coefficient (Wildman–Crippen LogP) is 16.2. The number of benzene rings is 9. The van der Waals surface area contributed by atoms with Gasteiger partial charge in [-0.25, -0.2) is 0 Å². The molecule has 9 aromatic rings. The van der Waals surface area contributed by atoms with Crippen LogP contribution in [0.4, 0.5) is 17.1 Å². The molecule has 1 nitrogen and oxygen atoms in total. The standard InChI is InChI=1S/C54H45N/c1-3-13-36(14-4-1)33-38-25-29-42(30-26-38)55(43-31-27-39(28-32-43)34-37-15-5-2-6-16-37)54-48-21-10-9-20-47(48)53-51-46(23-12-24-49(51)54)45-22-11-18-41-35-40-17-7-8-19-44(40)52(53)50(41)45/h7-12,17-35H,1-6,13-16H2. The number of hydrogen-bond acceptors (Lipinski definition) is 1. The van der Waals surface area contributed by atoms with Gasteiger partial charge in [-0.2, -0.15) is 0 Å². The van der Waals surface area contributed by atoms with E-state index in [1.54, 1.807) is 11.1 Å². The molecule has 0 unspecified atom stereocenters. The lowest BCUT2D eigenvalue weighted by Crippen LogP contribution is -2.11. The number of fused-ring (bicyclic) bond motifs is 6. The van der Waals surface area contributed by atoms with Crippen molar-refractivity contribution >= 4 is 93.8 Å². The third-order valence-corrected chi connectivity index (χ3v) is 12.7. The van der Waals surface area contributed by atoms with E-state index in [1.807, 2.05) is 0 Å². The topological polar surface area (TPSA) is 3.24 Å². The summed E-state index contributed by atoms with van der Waals surface area (Å²) < 4.78 is 0. The molecule has 0 spiro atoms. The average Bonchev–Trinajstić information content (AvgIpc) is 3.24. The zero-order valence-electron chi connectivity index (χ0n) is 31.5. The fraction of sp³-hybridized carbons (Fsp3) is 0.185. The third kappa shape index (κ3) is 5.51. The maximum absolute atomic E-state index is 2.54. The minimum absolute atomic E-state index is 1.18. The number of nitrogens with zero attached hydrogens (tertiary/aromatic N) is 1. The van der Waals surface area contributed by atoms with Gasteiger partial charge in [-0.1, -0.05) is 145 Å². The normalized spacial score (nSPS) is 15.2. The highest BCUT2D eigenvalue weighted by Gasteiger charge is 2.24. The van der Waals surface area contributed by atoms with Crippen LogP contribution in [-0.4, -0.2) is 0 Å². The van der Waals surface area contributed by atoms with Gasteiger partial charge in [0.05, 0.1) is 5.69 Å². The molecule has 0 heterocycles. The summed E-state index contributed by atoms with van der Waals surface area (Å²) in [4.78, 5) is 2.54. The average molecular weight is 708 g/mol. The number of rotatable bonds is 5. The van der Waals surface area contributed by atoms with Crippen LogP contribution in [0.3, 0.4) is 0 Å². The number of hydrogen-bond donors (Lipinski definition) is 0. The van der Waals surface area contributed by atoms with E-state index in [1.165, 1.54) is 157 Å². The summed E-state index contributed by atoms with van der Waals surface area (Å²) >= 11 is 0. The molecule has 2 aliphatic carbocycles. The van der Waals surface area contributed by atoms with Gasteiger partial charge in [-0.15, -0.1) is 0 Å². The first-order chi connectivity index (χ1) is 27.3. The Bertz CT molecular complexity index is 2870. The smallest absolute Gasteiger partial charge is 0.0619 e. The van der Waals surface area contributed by atoms with Gasteiger partial charge in [0.15, 0.2) is 0 Å². The molecule has 11 rings (SSSR count). The van der Waals surface area contributed by atoms with Crippen LogP contribution in [0.15, 0.2) is 151 Å². The van der Waals surface area contributed by atoms with Crippen LogP contribution in [0.1, 0.15) is 75.3 Å². The molecule has 0 bridgehead atoms. The van der Waals surface area contributed by atoms with Crippen molar-refractivity contribution in [3.63, 3.8) is 0 Å². The largest absolute Gasteiger partial charge is 0.309 e. The van der Waals surface area contributed by atoms with Crippen molar-refractivity contribution in [2.24, 2.45) is 0 Å². The van der Waals surface area contributed by atoms with Gasteiger partial charge in [-0.3, -0.25) is 0 Å². The maximum Gasteiger partial charge on any atom is 0.0619 e. The van der Waals surface area contributed by atoms with E-state index in [9.17, 15) is 0 Å². The molecule has 2 saturated carbocycles. The van der Waals surface area contributed by atoms with E-state index in [0.29, 0.717) is 0 Å². The summed E-state index contributed by atoms with van der Waals surface area (Å²) in [5.41, 5.74) is 9.38. The highest BCUT2D eigenvalue weighted by atomic mass is 15.1. The van der Waals surface area contributed by atoms with Crippen LogP contribution < -0.4 is 4.90 Å². The molecule has 0 radical (unpaired) electrons. The summed E-state index contributed by atoms with van der Waals surface area (Å²) in [6.07, 6.45) is 17.8. The SMILES string of the molecule is C(=C1CCCCC1)c1ccc(N(c2ccc(C=C3CCCCC3)cc2)c2c3ccccc3c3c4c2cccc4c2cccc4cc5ccccc5c3c42)cc1. The third-order valence-electron chi connectivity index (χ3n) is 12.7. The highest BCUT2D eigenvalue weighted by Crippen LogP contribution is 2.52. The molecular formula is C54H45N. The Kier molecular flexibility index (Phi) is 7.94. The molecule has 2 fully saturated rings. The Balaban J connectivity index is 1.20. The van der Waals surface area contributed by atoms with E-state index in [4.69, 9.17) is 0 Å². The van der Waals surface area contributed by atoms with Crippen molar-refractivity contribution in [2.45, 2.75) is 64.2 Å². The molecule has 0 atom stereocenters. The van der Waals surface area contributed by atoms with Crippen LogP contribution in [0.25, 0.3) is 76.8 Å². The van der Waals surface area contributed by atoms with Crippen molar-refractivity contribution in [2.75, 3.05) is 4.90 Å². The molecule has 2 aliphatic rings. The Morgan fingerprint density at radius 1 is 0.345 bits per heavy atom. The molecule has 0 saturated heterocycles. The number of allylic oxidation sites excluding steroid dienone is 2. The van der Waals surface area contributed by atoms with E-state index in [-0.39, 0.29) is 0 Å². The second kappa shape index (κ2) is 13.4. The van der Waals surface area contributed by atoms with Gasteiger partial charge in [0.2, 0.25) is 0 Å². The zero-order valence-corrected chi connectivity index (χ0v) is 31.5.